The van der Waals surface area contributed by atoms with Crippen LogP contribution in [0.5, 0.6) is 0 Å². The predicted octanol–water partition coefficient (Wildman–Crippen LogP) is -0.433. The van der Waals surface area contributed by atoms with E-state index in [9.17, 15) is 8.42 Å². The normalized spacial score (nSPS) is 13.2. The Morgan fingerprint density at radius 2 is 2.33 bits per heavy atom. The standard InChI is InChI=1S/C9H17N5O3S/c1-3-4-14(5-8(10)12-15)18(16,17)9-6-13(2)7-11-9/h6-7,15H,3-5H2,1-2H3,(H2,10,12). The van der Waals surface area contributed by atoms with E-state index in [4.69, 9.17) is 10.9 Å². The Balaban J connectivity index is 3.04. The van der Waals surface area contributed by atoms with Crippen LogP contribution in [0.1, 0.15) is 13.3 Å². The number of imidazole rings is 1. The van der Waals surface area contributed by atoms with Gasteiger partial charge in [-0.15, -0.1) is 0 Å². The van der Waals surface area contributed by atoms with Gasteiger partial charge in [0.1, 0.15) is 0 Å². The third kappa shape index (κ3) is 3.20. The molecule has 0 fully saturated rings. The first-order valence-electron chi connectivity index (χ1n) is 5.36. The summed E-state index contributed by atoms with van der Waals surface area (Å²) >= 11 is 0. The lowest BCUT2D eigenvalue weighted by Gasteiger charge is -2.19. The Kier molecular flexibility index (Phi) is 4.68. The second-order valence-corrected chi connectivity index (χ2v) is 5.69. The van der Waals surface area contributed by atoms with Gasteiger partial charge in [0, 0.05) is 19.8 Å². The Morgan fingerprint density at radius 3 is 2.78 bits per heavy atom. The molecule has 0 aliphatic heterocycles. The van der Waals surface area contributed by atoms with Gasteiger partial charge in [0.15, 0.2) is 10.9 Å². The number of oxime groups is 1. The summed E-state index contributed by atoms with van der Waals surface area (Å²) in [6.07, 6.45) is 3.43. The largest absolute Gasteiger partial charge is 0.409 e. The highest BCUT2D eigenvalue weighted by Crippen LogP contribution is 2.13. The third-order valence-electron chi connectivity index (χ3n) is 2.23. The van der Waals surface area contributed by atoms with Crippen molar-refractivity contribution < 1.29 is 13.6 Å². The van der Waals surface area contributed by atoms with Crippen molar-refractivity contribution in [2.45, 2.75) is 18.4 Å². The number of hydrogen-bond donors (Lipinski definition) is 2. The highest BCUT2D eigenvalue weighted by Gasteiger charge is 2.26. The topological polar surface area (TPSA) is 114 Å². The van der Waals surface area contributed by atoms with Crippen molar-refractivity contribution in [2.75, 3.05) is 13.1 Å². The maximum Gasteiger partial charge on any atom is 0.262 e. The molecule has 0 aliphatic rings. The first kappa shape index (κ1) is 14.5. The van der Waals surface area contributed by atoms with Crippen LogP contribution in [0.3, 0.4) is 0 Å². The van der Waals surface area contributed by atoms with E-state index in [0.717, 1.165) is 4.31 Å². The molecule has 102 valence electrons. The zero-order valence-electron chi connectivity index (χ0n) is 10.3. The molecule has 0 amide bonds. The molecule has 0 saturated heterocycles. The number of rotatable bonds is 6. The predicted molar refractivity (Wildman–Crippen MR) is 65.7 cm³/mol. The van der Waals surface area contributed by atoms with Crippen molar-refractivity contribution in [3.8, 4) is 0 Å². The lowest BCUT2D eigenvalue weighted by Crippen LogP contribution is -2.39. The fourth-order valence-corrected chi connectivity index (χ4v) is 2.87. The molecule has 0 unspecified atom stereocenters. The SMILES string of the molecule is CCCN(C/C(N)=N/O)S(=O)(=O)c1cn(C)cn1. The fraction of sp³-hybridized carbons (Fsp3) is 0.556. The van der Waals surface area contributed by atoms with Gasteiger partial charge >= 0.3 is 0 Å². The van der Waals surface area contributed by atoms with Gasteiger partial charge < -0.3 is 15.5 Å². The maximum absolute atomic E-state index is 12.2. The molecule has 0 saturated carbocycles. The highest BCUT2D eigenvalue weighted by molar-refractivity contribution is 7.89. The molecule has 1 aromatic rings. The van der Waals surface area contributed by atoms with Gasteiger partial charge in [-0.05, 0) is 6.42 Å². The Bertz CT molecular complexity index is 522. The summed E-state index contributed by atoms with van der Waals surface area (Å²) < 4.78 is 27.2. The van der Waals surface area contributed by atoms with Gasteiger partial charge in [-0.25, -0.2) is 13.4 Å². The summed E-state index contributed by atoms with van der Waals surface area (Å²) in [6.45, 7) is 1.95. The Labute approximate surface area is 106 Å². The van der Waals surface area contributed by atoms with Crippen LogP contribution in [0, 0.1) is 0 Å². The molecule has 1 aromatic heterocycles. The van der Waals surface area contributed by atoms with Crippen molar-refractivity contribution in [1.29, 1.82) is 0 Å². The Morgan fingerprint density at radius 1 is 1.67 bits per heavy atom. The molecule has 9 heteroatoms. The quantitative estimate of drug-likeness (QED) is 0.316. The van der Waals surface area contributed by atoms with E-state index >= 15 is 0 Å². The summed E-state index contributed by atoms with van der Waals surface area (Å²) in [4.78, 5) is 3.81. The third-order valence-corrected chi connectivity index (χ3v) is 3.96. The number of aryl methyl sites for hydroxylation is 1. The van der Waals surface area contributed by atoms with E-state index in [2.05, 4.69) is 10.1 Å². The van der Waals surface area contributed by atoms with Crippen LogP contribution in [0.25, 0.3) is 0 Å². The minimum absolute atomic E-state index is 0.0517. The summed E-state index contributed by atoms with van der Waals surface area (Å²) in [5, 5.41) is 11.2. The maximum atomic E-state index is 12.2. The van der Waals surface area contributed by atoms with E-state index in [1.807, 2.05) is 6.92 Å². The van der Waals surface area contributed by atoms with Gasteiger partial charge in [-0.3, -0.25) is 0 Å². The van der Waals surface area contributed by atoms with Crippen molar-refractivity contribution in [3.63, 3.8) is 0 Å². The molecule has 1 heterocycles. The molecule has 3 N–H and O–H groups in total. The zero-order chi connectivity index (χ0) is 13.8. The molecule has 0 spiro atoms. The first-order chi connectivity index (χ1) is 8.41. The number of sulfonamides is 1. The van der Waals surface area contributed by atoms with Gasteiger partial charge in [0.25, 0.3) is 10.0 Å². The van der Waals surface area contributed by atoms with Crippen LogP contribution in [0.2, 0.25) is 0 Å². The minimum Gasteiger partial charge on any atom is -0.409 e. The average molecular weight is 275 g/mol. The second kappa shape index (κ2) is 5.83. The van der Waals surface area contributed by atoms with Crippen LogP contribution in [0.4, 0.5) is 0 Å². The van der Waals surface area contributed by atoms with E-state index < -0.39 is 10.0 Å². The van der Waals surface area contributed by atoms with E-state index in [1.54, 1.807) is 11.6 Å². The molecule has 8 nitrogen and oxygen atoms in total. The first-order valence-corrected chi connectivity index (χ1v) is 6.80. The number of amidine groups is 1. The monoisotopic (exact) mass is 275 g/mol. The minimum atomic E-state index is -3.72. The number of nitrogens with zero attached hydrogens (tertiary/aromatic N) is 4. The molecular weight excluding hydrogens is 258 g/mol. The van der Waals surface area contributed by atoms with Crippen LogP contribution in [-0.2, 0) is 17.1 Å². The fourth-order valence-electron chi connectivity index (χ4n) is 1.40. The smallest absolute Gasteiger partial charge is 0.262 e. The molecule has 0 radical (unpaired) electrons. The van der Waals surface area contributed by atoms with Crippen LogP contribution in [-0.4, -0.2) is 46.4 Å². The highest BCUT2D eigenvalue weighted by atomic mass is 32.2. The molecule has 1 rings (SSSR count). The second-order valence-electron chi connectivity index (χ2n) is 3.81. The lowest BCUT2D eigenvalue weighted by atomic mass is 10.4. The van der Waals surface area contributed by atoms with Crippen molar-refractivity contribution in [1.82, 2.24) is 13.9 Å². The van der Waals surface area contributed by atoms with Crippen molar-refractivity contribution >= 4 is 15.9 Å². The molecule has 0 atom stereocenters. The van der Waals surface area contributed by atoms with Gasteiger partial charge in [0.2, 0.25) is 0 Å². The summed E-state index contributed by atoms with van der Waals surface area (Å²) in [5.41, 5.74) is 5.35. The van der Waals surface area contributed by atoms with E-state index in [-0.39, 0.29) is 24.0 Å². The molecule has 0 bridgehead atoms. The summed E-state index contributed by atoms with van der Waals surface area (Å²) in [6, 6.07) is 0. The van der Waals surface area contributed by atoms with Gasteiger partial charge in [-0.2, -0.15) is 4.31 Å². The van der Waals surface area contributed by atoms with E-state index in [1.165, 1.54) is 12.5 Å². The summed E-state index contributed by atoms with van der Waals surface area (Å²) in [7, 11) is -2.04. The van der Waals surface area contributed by atoms with Crippen molar-refractivity contribution in [2.24, 2.45) is 17.9 Å². The molecule has 18 heavy (non-hydrogen) atoms. The van der Waals surface area contributed by atoms with Crippen molar-refractivity contribution in [3.05, 3.63) is 12.5 Å². The number of aromatic nitrogens is 2. The van der Waals surface area contributed by atoms with Crippen LogP contribution in [0.15, 0.2) is 22.7 Å². The van der Waals surface area contributed by atoms with E-state index in [0.29, 0.717) is 6.42 Å². The van der Waals surface area contributed by atoms with Crippen LogP contribution < -0.4 is 5.73 Å². The summed E-state index contributed by atoms with van der Waals surface area (Å²) in [5.74, 6) is -0.164. The lowest BCUT2D eigenvalue weighted by molar-refractivity contribution is 0.314. The van der Waals surface area contributed by atoms with Gasteiger partial charge in [0.05, 0.1) is 12.9 Å². The average Bonchev–Trinajstić information content (AvgIpc) is 2.75. The van der Waals surface area contributed by atoms with Gasteiger partial charge in [-0.1, -0.05) is 12.1 Å². The molecule has 0 aromatic carbocycles. The number of hydrogen-bond acceptors (Lipinski definition) is 5. The van der Waals surface area contributed by atoms with Crippen LogP contribution >= 0.6 is 0 Å². The molecule has 0 aliphatic carbocycles. The number of nitrogens with two attached hydrogens (primary N) is 1. The molecular formula is C9H17N5O3S. The Hall–Kier alpha value is -1.61. The zero-order valence-corrected chi connectivity index (χ0v) is 11.1.